The van der Waals surface area contributed by atoms with E-state index in [4.69, 9.17) is 4.74 Å². The molecule has 1 aliphatic heterocycles. The van der Waals surface area contributed by atoms with Crippen molar-refractivity contribution in [3.05, 3.63) is 63.6 Å². The molecular weight excluding hydrogens is 282 g/mol. The number of carbonyl (C=O) groups excluding carboxylic acids is 1. The van der Waals surface area contributed by atoms with Crippen LogP contribution in [-0.4, -0.2) is 27.3 Å². The summed E-state index contributed by atoms with van der Waals surface area (Å²) in [5.41, 5.74) is 2.45. The molecule has 0 N–H and O–H groups in total. The monoisotopic (exact) mass is 299 g/mol. The zero-order valence-corrected chi connectivity index (χ0v) is 12.4. The minimum Gasteiger partial charge on any atom is -0.445 e. The molecule has 114 valence electrons. The first kappa shape index (κ1) is 14.3. The van der Waals surface area contributed by atoms with Gasteiger partial charge in [-0.2, -0.15) is 5.10 Å². The van der Waals surface area contributed by atoms with Gasteiger partial charge in [-0.1, -0.05) is 30.3 Å². The molecule has 1 aliphatic rings. The molecule has 2 heterocycles. The molecule has 1 aromatic heterocycles. The van der Waals surface area contributed by atoms with Gasteiger partial charge in [-0.25, -0.2) is 9.48 Å². The van der Waals surface area contributed by atoms with Crippen molar-refractivity contribution in [3.8, 4) is 0 Å². The van der Waals surface area contributed by atoms with E-state index >= 15 is 0 Å². The molecule has 0 fully saturated rings. The number of fused-ring (bicyclic) bond motifs is 1. The van der Waals surface area contributed by atoms with Crippen LogP contribution in [0, 0.1) is 0 Å². The molecular formula is C16H17N3O3. The molecule has 0 radical (unpaired) electrons. The minimum atomic E-state index is -0.366. The number of ether oxygens (including phenoxy) is 1. The number of benzene rings is 1. The van der Waals surface area contributed by atoms with Crippen LogP contribution in [-0.2, 0) is 31.4 Å². The molecule has 6 nitrogen and oxygen atoms in total. The Morgan fingerprint density at radius 2 is 2.09 bits per heavy atom. The van der Waals surface area contributed by atoms with Gasteiger partial charge in [-0.05, 0) is 5.56 Å². The van der Waals surface area contributed by atoms with Gasteiger partial charge in [0.05, 0.1) is 12.2 Å². The van der Waals surface area contributed by atoms with Gasteiger partial charge in [0.1, 0.15) is 6.61 Å². The van der Waals surface area contributed by atoms with Crippen LogP contribution in [0.1, 0.15) is 16.8 Å². The quantitative estimate of drug-likeness (QED) is 0.842. The molecule has 0 saturated carbocycles. The summed E-state index contributed by atoms with van der Waals surface area (Å²) in [4.78, 5) is 25.4. The number of aromatic nitrogens is 2. The first-order valence-corrected chi connectivity index (χ1v) is 7.15. The molecule has 6 heteroatoms. The summed E-state index contributed by atoms with van der Waals surface area (Å²) in [6.45, 7) is 1.16. The van der Waals surface area contributed by atoms with E-state index in [0.29, 0.717) is 19.5 Å². The fourth-order valence-corrected chi connectivity index (χ4v) is 2.46. The zero-order chi connectivity index (χ0) is 15.5. The second kappa shape index (κ2) is 6.01. The summed E-state index contributed by atoms with van der Waals surface area (Å²) < 4.78 is 6.64. The lowest BCUT2D eigenvalue weighted by atomic mass is 10.1. The van der Waals surface area contributed by atoms with Crippen LogP contribution in [0.5, 0.6) is 0 Å². The number of hydrogen-bond acceptors (Lipinski definition) is 4. The average molecular weight is 299 g/mol. The third kappa shape index (κ3) is 3.00. The van der Waals surface area contributed by atoms with E-state index in [1.807, 2.05) is 30.3 Å². The van der Waals surface area contributed by atoms with Gasteiger partial charge in [-0.15, -0.1) is 0 Å². The SMILES string of the molecule is Cn1nc2c(cc1=O)CN(C(=O)OCc1ccccc1)CC2. The van der Waals surface area contributed by atoms with E-state index in [9.17, 15) is 9.59 Å². The molecule has 0 spiro atoms. The Labute approximate surface area is 127 Å². The number of rotatable bonds is 2. The second-order valence-electron chi connectivity index (χ2n) is 5.29. The van der Waals surface area contributed by atoms with E-state index in [1.54, 1.807) is 18.0 Å². The van der Waals surface area contributed by atoms with Crippen LogP contribution in [0.2, 0.25) is 0 Å². The van der Waals surface area contributed by atoms with E-state index in [-0.39, 0.29) is 18.3 Å². The van der Waals surface area contributed by atoms with Gasteiger partial charge in [0, 0.05) is 31.6 Å². The number of amides is 1. The highest BCUT2D eigenvalue weighted by atomic mass is 16.6. The summed E-state index contributed by atoms with van der Waals surface area (Å²) in [6, 6.07) is 11.1. The summed E-state index contributed by atoms with van der Waals surface area (Å²) in [5, 5.41) is 4.23. The van der Waals surface area contributed by atoms with Crippen LogP contribution >= 0.6 is 0 Å². The van der Waals surface area contributed by atoms with E-state index < -0.39 is 0 Å². The maximum absolute atomic E-state index is 12.1. The molecule has 0 aliphatic carbocycles. The normalized spacial score (nSPS) is 13.6. The smallest absolute Gasteiger partial charge is 0.410 e. The number of carbonyl (C=O) groups is 1. The number of aryl methyl sites for hydroxylation is 1. The van der Waals surface area contributed by atoms with E-state index in [2.05, 4.69) is 5.10 Å². The minimum absolute atomic E-state index is 0.168. The maximum Gasteiger partial charge on any atom is 0.410 e. The molecule has 2 aromatic rings. The molecule has 0 unspecified atom stereocenters. The third-order valence-corrected chi connectivity index (χ3v) is 3.70. The van der Waals surface area contributed by atoms with Crippen molar-refractivity contribution in [2.75, 3.05) is 6.54 Å². The average Bonchev–Trinajstić information content (AvgIpc) is 2.54. The summed E-state index contributed by atoms with van der Waals surface area (Å²) in [6.07, 6.45) is 0.263. The van der Waals surface area contributed by atoms with Crippen molar-refractivity contribution in [3.63, 3.8) is 0 Å². The van der Waals surface area contributed by atoms with E-state index in [1.165, 1.54) is 4.68 Å². The fourth-order valence-electron chi connectivity index (χ4n) is 2.46. The van der Waals surface area contributed by atoms with Gasteiger partial charge in [0.15, 0.2) is 0 Å². The lowest BCUT2D eigenvalue weighted by molar-refractivity contribution is 0.0914. The topological polar surface area (TPSA) is 64.4 Å². The Morgan fingerprint density at radius 3 is 2.86 bits per heavy atom. The van der Waals surface area contributed by atoms with Crippen molar-refractivity contribution in [2.45, 2.75) is 19.6 Å². The molecule has 0 atom stereocenters. The Morgan fingerprint density at radius 1 is 1.32 bits per heavy atom. The van der Waals surface area contributed by atoms with Crippen LogP contribution < -0.4 is 5.56 Å². The standard InChI is InChI=1S/C16H17N3O3/c1-18-15(20)9-13-10-19(8-7-14(13)17-18)16(21)22-11-12-5-3-2-4-6-12/h2-6,9H,7-8,10-11H2,1H3. The fraction of sp³-hybridized carbons (Fsp3) is 0.312. The second-order valence-corrected chi connectivity index (χ2v) is 5.29. The van der Waals surface area contributed by atoms with Gasteiger partial charge >= 0.3 is 6.09 Å². The highest BCUT2D eigenvalue weighted by molar-refractivity contribution is 5.68. The first-order chi connectivity index (χ1) is 10.6. The van der Waals surface area contributed by atoms with Crippen molar-refractivity contribution in [1.29, 1.82) is 0 Å². The molecule has 0 saturated heterocycles. The maximum atomic E-state index is 12.1. The molecule has 1 aromatic carbocycles. The number of nitrogens with zero attached hydrogens (tertiary/aromatic N) is 3. The first-order valence-electron chi connectivity index (χ1n) is 7.15. The number of hydrogen-bond donors (Lipinski definition) is 0. The van der Waals surface area contributed by atoms with Crippen molar-refractivity contribution in [1.82, 2.24) is 14.7 Å². The molecule has 1 amide bonds. The van der Waals surface area contributed by atoms with Crippen LogP contribution in [0.3, 0.4) is 0 Å². The Bertz CT molecular complexity index is 740. The van der Waals surface area contributed by atoms with E-state index in [0.717, 1.165) is 16.8 Å². The summed E-state index contributed by atoms with van der Waals surface area (Å²) in [5.74, 6) is 0. The van der Waals surface area contributed by atoms with Gasteiger partial charge in [-0.3, -0.25) is 4.79 Å². The third-order valence-electron chi connectivity index (χ3n) is 3.70. The predicted octanol–water partition coefficient (Wildman–Crippen LogP) is 1.48. The van der Waals surface area contributed by atoms with Crippen LogP contribution in [0.25, 0.3) is 0 Å². The lowest BCUT2D eigenvalue weighted by Gasteiger charge is -2.27. The van der Waals surface area contributed by atoms with Gasteiger partial charge in [0.2, 0.25) is 0 Å². The Hall–Kier alpha value is -2.63. The molecule has 0 bridgehead atoms. The highest BCUT2D eigenvalue weighted by Gasteiger charge is 2.23. The van der Waals surface area contributed by atoms with Gasteiger partial charge < -0.3 is 9.64 Å². The molecule has 3 rings (SSSR count). The lowest BCUT2D eigenvalue weighted by Crippen LogP contribution is -2.38. The summed E-state index contributed by atoms with van der Waals surface area (Å²) >= 11 is 0. The van der Waals surface area contributed by atoms with Crippen LogP contribution in [0.4, 0.5) is 4.79 Å². The Balaban J connectivity index is 1.65. The van der Waals surface area contributed by atoms with Crippen molar-refractivity contribution in [2.24, 2.45) is 7.05 Å². The predicted molar refractivity (Wildman–Crippen MR) is 80.2 cm³/mol. The van der Waals surface area contributed by atoms with Gasteiger partial charge in [0.25, 0.3) is 5.56 Å². The highest BCUT2D eigenvalue weighted by Crippen LogP contribution is 2.16. The molecule has 22 heavy (non-hydrogen) atoms. The van der Waals surface area contributed by atoms with Crippen molar-refractivity contribution < 1.29 is 9.53 Å². The summed E-state index contributed by atoms with van der Waals surface area (Å²) in [7, 11) is 1.63. The van der Waals surface area contributed by atoms with Crippen molar-refractivity contribution >= 4 is 6.09 Å². The van der Waals surface area contributed by atoms with Crippen LogP contribution in [0.15, 0.2) is 41.2 Å². The Kier molecular flexibility index (Phi) is 3.91. The largest absolute Gasteiger partial charge is 0.445 e. The zero-order valence-electron chi connectivity index (χ0n) is 12.4.